The van der Waals surface area contributed by atoms with Crippen LogP contribution in [0.15, 0.2) is 69.3 Å². The maximum absolute atomic E-state index is 12.4. The average molecular weight is 364 g/mol. The Kier molecular flexibility index (Phi) is 5.21. The smallest absolute Gasteiger partial charge is 0.335 e. The number of nitrogens with one attached hydrogen (secondary N) is 2. The number of benzene rings is 2. The molecule has 0 fully saturated rings. The normalized spacial score (nSPS) is 11.4. The van der Waals surface area contributed by atoms with Crippen LogP contribution < -0.4 is 16.7 Å². The largest absolute Gasteiger partial charge is 0.493 e. The Balaban J connectivity index is 2.12. The molecule has 0 saturated heterocycles. The van der Waals surface area contributed by atoms with Crippen LogP contribution in [-0.2, 0) is 0 Å². The van der Waals surface area contributed by atoms with Crippen LogP contribution in [0.4, 0.5) is 5.69 Å². The lowest BCUT2D eigenvalue weighted by Gasteiger charge is -2.13. The molecule has 0 amide bonds. The summed E-state index contributed by atoms with van der Waals surface area (Å²) >= 11 is 0. The molecule has 0 bridgehead atoms. The van der Waals surface area contributed by atoms with Gasteiger partial charge in [0, 0.05) is 0 Å². The first kappa shape index (κ1) is 18.2. The SMILES string of the molecule is CCC(=NNc1ccccc1C)c1c(O)n(-c2ccccc2)c(=O)[nH]c1=O. The standard InChI is InChI=1S/C20H20N4O3/c1-3-15(22-23-16-12-8-7-9-13(16)2)17-18(25)21-20(27)24(19(17)26)14-10-5-4-6-11-14/h4-12,23,26H,3H2,1-2H3,(H,21,25,27). The molecule has 0 radical (unpaired) electrons. The van der Waals surface area contributed by atoms with Crippen molar-refractivity contribution in [3.8, 4) is 11.6 Å². The van der Waals surface area contributed by atoms with Crippen LogP contribution in [0.25, 0.3) is 5.69 Å². The van der Waals surface area contributed by atoms with Crippen LogP contribution in [0.1, 0.15) is 24.5 Å². The first-order valence-corrected chi connectivity index (χ1v) is 8.55. The molecule has 0 aliphatic heterocycles. The second-order valence-corrected chi connectivity index (χ2v) is 5.97. The summed E-state index contributed by atoms with van der Waals surface area (Å²) in [7, 11) is 0. The molecule has 7 heteroatoms. The van der Waals surface area contributed by atoms with Gasteiger partial charge in [-0.3, -0.25) is 15.2 Å². The highest BCUT2D eigenvalue weighted by Crippen LogP contribution is 2.19. The predicted molar refractivity (Wildman–Crippen MR) is 106 cm³/mol. The van der Waals surface area contributed by atoms with E-state index in [-0.39, 0.29) is 5.56 Å². The number of rotatable bonds is 5. The number of aromatic amines is 1. The molecule has 0 aliphatic carbocycles. The lowest BCUT2D eigenvalue weighted by molar-refractivity contribution is 0.429. The maximum Gasteiger partial charge on any atom is 0.335 e. The highest BCUT2D eigenvalue weighted by Gasteiger charge is 2.19. The summed E-state index contributed by atoms with van der Waals surface area (Å²) < 4.78 is 1.05. The number of aryl methyl sites for hydroxylation is 1. The summed E-state index contributed by atoms with van der Waals surface area (Å²) in [6.45, 7) is 3.75. The minimum atomic E-state index is -0.713. The number of aromatic hydroxyl groups is 1. The molecule has 2 aromatic carbocycles. The van der Waals surface area contributed by atoms with Gasteiger partial charge in [-0.1, -0.05) is 43.3 Å². The van der Waals surface area contributed by atoms with Crippen molar-refractivity contribution >= 4 is 11.4 Å². The van der Waals surface area contributed by atoms with Crippen LogP contribution in [0.2, 0.25) is 0 Å². The molecule has 0 aliphatic rings. The van der Waals surface area contributed by atoms with E-state index in [0.717, 1.165) is 15.8 Å². The van der Waals surface area contributed by atoms with Gasteiger partial charge < -0.3 is 5.11 Å². The van der Waals surface area contributed by atoms with Crippen LogP contribution in [0.3, 0.4) is 0 Å². The molecular weight excluding hydrogens is 344 g/mol. The molecule has 3 rings (SSSR count). The second kappa shape index (κ2) is 7.74. The summed E-state index contributed by atoms with van der Waals surface area (Å²) in [5.74, 6) is -0.442. The number of aromatic nitrogens is 2. The number of hydrogen-bond donors (Lipinski definition) is 3. The van der Waals surface area contributed by atoms with Crippen LogP contribution in [0.5, 0.6) is 5.88 Å². The predicted octanol–water partition coefficient (Wildman–Crippen LogP) is 2.77. The van der Waals surface area contributed by atoms with Crippen LogP contribution in [0, 0.1) is 6.92 Å². The average Bonchev–Trinajstić information content (AvgIpc) is 2.66. The van der Waals surface area contributed by atoms with E-state index >= 15 is 0 Å². The number of anilines is 1. The van der Waals surface area contributed by atoms with Gasteiger partial charge in [0.05, 0.1) is 17.1 Å². The first-order chi connectivity index (χ1) is 13.0. The van der Waals surface area contributed by atoms with Gasteiger partial charge in [-0.15, -0.1) is 0 Å². The number of para-hydroxylation sites is 2. The molecule has 1 aromatic heterocycles. The summed E-state index contributed by atoms with van der Waals surface area (Å²) in [6.07, 6.45) is 0.377. The summed E-state index contributed by atoms with van der Waals surface area (Å²) in [4.78, 5) is 26.9. The molecule has 0 atom stereocenters. The van der Waals surface area contributed by atoms with Gasteiger partial charge in [0.1, 0.15) is 5.56 Å². The Morgan fingerprint density at radius 2 is 1.78 bits per heavy atom. The Labute approximate surface area is 155 Å². The molecule has 0 spiro atoms. The van der Waals surface area contributed by atoms with E-state index in [0.29, 0.717) is 17.8 Å². The molecule has 7 nitrogen and oxygen atoms in total. The molecule has 0 unspecified atom stereocenters. The fourth-order valence-corrected chi connectivity index (χ4v) is 2.74. The molecule has 27 heavy (non-hydrogen) atoms. The highest BCUT2D eigenvalue weighted by molar-refractivity contribution is 6.02. The van der Waals surface area contributed by atoms with E-state index in [9.17, 15) is 14.7 Å². The van der Waals surface area contributed by atoms with Crippen molar-refractivity contribution in [2.45, 2.75) is 20.3 Å². The highest BCUT2D eigenvalue weighted by atomic mass is 16.3. The molecule has 3 N–H and O–H groups in total. The number of hydrazone groups is 1. The monoisotopic (exact) mass is 364 g/mol. The summed E-state index contributed by atoms with van der Waals surface area (Å²) in [5, 5.41) is 15.0. The summed E-state index contributed by atoms with van der Waals surface area (Å²) in [6, 6.07) is 16.2. The Bertz CT molecular complexity index is 1100. The van der Waals surface area contributed by atoms with Gasteiger partial charge in [0.25, 0.3) is 5.56 Å². The van der Waals surface area contributed by atoms with Gasteiger partial charge in [-0.05, 0) is 37.1 Å². The summed E-state index contributed by atoms with van der Waals surface area (Å²) in [5.41, 5.74) is 4.05. The van der Waals surface area contributed by atoms with Crippen molar-refractivity contribution in [1.29, 1.82) is 0 Å². The van der Waals surface area contributed by atoms with E-state index < -0.39 is 17.1 Å². The van der Waals surface area contributed by atoms with E-state index in [1.807, 2.05) is 38.1 Å². The van der Waals surface area contributed by atoms with Gasteiger partial charge in [-0.25, -0.2) is 9.36 Å². The fraction of sp³-hybridized carbons (Fsp3) is 0.150. The van der Waals surface area contributed by atoms with Crippen molar-refractivity contribution < 1.29 is 5.11 Å². The van der Waals surface area contributed by atoms with Crippen molar-refractivity contribution in [3.63, 3.8) is 0 Å². The van der Waals surface area contributed by atoms with E-state index in [1.54, 1.807) is 30.3 Å². The van der Waals surface area contributed by atoms with Gasteiger partial charge >= 0.3 is 5.69 Å². The zero-order chi connectivity index (χ0) is 19.4. The van der Waals surface area contributed by atoms with Gasteiger partial charge in [-0.2, -0.15) is 5.10 Å². The fourth-order valence-electron chi connectivity index (χ4n) is 2.74. The maximum atomic E-state index is 12.4. The third-order valence-corrected chi connectivity index (χ3v) is 4.18. The number of nitrogens with zero attached hydrogens (tertiary/aromatic N) is 2. The number of H-pyrrole nitrogens is 1. The molecule has 3 aromatic rings. The minimum absolute atomic E-state index is 0.0398. The zero-order valence-electron chi connectivity index (χ0n) is 15.1. The van der Waals surface area contributed by atoms with E-state index in [4.69, 9.17) is 0 Å². The lowest BCUT2D eigenvalue weighted by atomic mass is 10.1. The van der Waals surface area contributed by atoms with E-state index in [1.165, 1.54) is 0 Å². The van der Waals surface area contributed by atoms with Crippen molar-refractivity contribution in [3.05, 3.63) is 86.6 Å². The molecular formula is C20H20N4O3. The van der Waals surface area contributed by atoms with E-state index in [2.05, 4.69) is 15.5 Å². The zero-order valence-corrected chi connectivity index (χ0v) is 15.1. The third kappa shape index (κ3) is 3.67. The van der Waals surface area contributed by atoms with Gasteiger partial charge in [0.2, 0.25) is 5.88 Å². The Hall–Kier alpha value is -3.61. The first-order valence-electron chi connectivity index (χ1n) is 8.55. The Morgan fingerprint density at radius 1 is 1.11 bits per heavy atom. The third-order valence-electron chi connectivity index (χ3n) is 4.18. The Morgan fingerprint density at radius 3 is 2.44 bits per heavy atom. The van der Waals surface area contributed by atoms with Crippen LogP contribution >= 0.6 is 0 Å². The number of hydrogen-bond acceptors (Lipinski definition) is 5. The van der Waals surface area contributed by atoms with Gasteiger partial charge in [0.15, 0.2) is 0 Å². The molecule has 1 heterocycles. The topological polar surface area (TPSA) is 99.5 Å². The quantitative estimate of drug-likeness (QED) is 0.479. The minimum Gasteiger partial charge on any atom is -0.493 e. The second-order valence-electron chi connectivity index (χ2n) is 5.97. The van der Waals surface area contributed by atoms with Crippen molar-refractivity contribution in [2.75, 3.05) is 5.43 Å². The van der Waals surface area contributed by atoms with Crippen LogP contribution in [-0.4, -0.2) is 20.4 Å². The lowest BCUT2D eigenvalue weighted by Crippen LogP contribution is -2.33. The van der Waals surface area contributed by atoms with Crippen molar-refractivity contribution in [2.24, 2.45) is 5.10 Å². The van der Waals surface area contributed by atoms with Crippen molar-refractivity contribution in [1.82, 2.24) is 9.55 Å². The molecule has 138 valence electrons. The molecule has 0 saturated carbocycles.